The zero-order valence-corrected chi connectivity index (χ0v) is 29.9. The van der Waals surface area contributed by atoms with Crippen LogP contribution in [0.3, 0.4) is 0 Å². The summed E-state index contributed by atoms with van der Waals surface area (Å²) in [6.07, 6.45) is 4.28. The Balaban J connectivity index is 0.984. The molecule has 9 aromatic carbocycles. The maximum atomic E-state index is 8.65. The maximum Gasteiger partial charge on any atom is 0.0476 e. The van der Waals surface area contributed by atoms with E-state index in [4.69, 9.17) is 4.11 Å². The zero-order valence-electron chi connectivity index (χ0n) is 32.1. The quantitative estimate of drug-likeness (QED) is 0.128. The van der Waals surface area contributed by atoms with Crippen LogP contribution in [0.15, 0.2) is 164 Å². The standard InChI is InChI=1S/C51H35NS/c1-51(2)45-13-7-12-36-17-18-39-26-33(27-46(51)50(39)49(36)45)15-14-32-16-24-43-44-25-23-42(31-48(44)53-47(43)28-32)52(40-21-19-34-8-3-5-10-37(34)29-40)41-22-20-35-9-4-6-11-38(35)30-41/h3-31H,1-2H3/b15-14+/i1D3. The van der Waals surface area contributed by atoms with Crippen LogP contribution in [0.25, 0.3) is 75.4 Å². The fraction of sp³-hybridized carbons (Fsp3) is 0.0588. The second kappa shape index (κ2) is 11.4. The van der Waals surface area contributed by atoms with Crippen molar-refractivity contribution in [1.29, 1.82) is 0 Å². The number of fused-ring (bicyclic) bond motifs is 5. The van der Waals surface area contributed by atoms with Crippen LogP contribution in [0.1, 0.15) is 40.1 Å². The van der Waals surface area contributed by atoms with Crippen molar-refractivity contribution < 1.29 is 4.11 Å². The summed E-state index contributed by atoms with van der Waals surface area (Å²) in [6.45, 7) is -0.301. The number of benzene rings is 9. The highest BCUT2D eigenvalue weighted by atomic mass is 32.1. The van der Waals surface area contributed by atoms with Crippen LogP contribution in [0.5, 0.6) is 0 Å². The van der Waals surface area contributed by atoms with Gasteiger partial charge in [-0.3, -0.25) is 0 Å². The summed E-state index contributed by atoms with van der Waals surface area (Å²) >= 11 is 1.82. The van der Waals surface area contributed by atoms with Gasteiger partial charge in [-0.2, -0.15) is 0 Å². The monoisotopic (exact) mass is 696 g/mol. The van der Waals surface area contributed by atoms with Gasteiger partial charge in [0, 0.05) is 46.8 Å². The first-order valence-corrected chi connectivity index (χ1v) is 19.0. The molecule has 0 bridgehead atoms. The van der Waals surface area contributed by atoms with Crippen molar-refractivity contribution in [1.82, 2.24) is 0 Å². The molecule has 1 aliphatic carbocycles. The van der Waals surface area contributed by atoms with E-state index in [1.54, 1.807) is 0 Å². The zero-order chi connectivity index (χ0) is 37.8. The van der Waals surface area contributed by atoms with Crippen molar-refractivity contribution in [2.75, 3.05) is 4.90 Å². The lowest BCUT2D eigenvalue weighted by atomic mass is 9.81. The molecule has 11 rings (SSSR count). The molecular weight excluding hydrogens is 659 g/mol. The van der Waals surface area contributed by atoms with Crippen LogP contribution in [0.4, 0.5) is 17.1 Å². The summed E-state index contributed by atoms with van der Waals surface area (Å²) in [5.41, 5.74) is 6.16. The first kappa shape index (κ1) is 27.4. The third kappa shape index (κ3) is 4.76. The topological polar surface area (TPSA) is 3.24 Å². The van der Waals surface area contributed by atoms with Crippen molar-refractivity contribution >= 4 is 104 Å². The van der Waals surface area contributed by atoms with Crippen LogP contribution in [-0.2, 0) is 5.41 Å². The van der Waals surface area contributed by atoms with Crippen molar-refractivity contribution in [3.8, 4) is 0 Å². The molecular formula is C51H35NS. The van der Waals surface area contributed by atoms with E-state index in [1.807, 2.05) is 30.4 Å². The minimum atomic E-state index is -2.19. The Bertz CT molecular complexity index is 3200. The van der Waals surface area contributed by atoms with E-state index in [0.717, 1.165) is 60.9 Å². The van der Waals surface area contributed by atoms with Gasteiger partial charge in [-0.1, -0.05) is 141 Å². The summed E-state index contributed by atoms with van der Waals surface area (Å²) in [4.78, 5) is 2.37. The molecule has 0 N–H and O–H groups in total. The third-order valence-electron chi connectivity index (χ3n) is 11.2. The van der Waals surface area contributed by atoms with Gasteiger partial charge < -0.3 is 4.90 Å². The summed E-state index contributed by atoms with van der Waals surface area (Å²) in [5.74, 6) is 0. The van der Waals surface area contributed by atoms with E-state index in [-0.39, 0.29) is 0 Å². The van der Waals surface area contributed by atoms with Crippen LogP contribution in [0.2, 0.25) is 0 Å². The molecule has 10 aromatic rings. The van der Waals surface area contributed by atoms with Crippen LogP contribution >= 0.6 is 11.3 Å². The number of rotatable bonds is 5. The highest BCUT2D eigenvalue weighted by Crippen LogP contribution is 2.49. The highest BCUT2D eigenvalue weighted by Gasteiger charge is 2.33. The number of hydrogen-bond donors (Lipinski definition) is 0. The predicted molar refractivity (Wildman–Crippen MR) is 232 cm³/mol. The van der Waals surface area contributed by atoms with Crippen molar-refractivity contribution in [3.63, 3.8) is 0 Å². The van der Waals surface area contributed by atoms with Gasteiger partial charge in [0.15, 0.2) is 0 Å². The molecule has 0 saturated carbocycles. The lowest BCUT2D eigenvalue weighted by Gasteiger charge is -2.26. The fourth-order valence-electron chi connectivity index (χ4n) is 8.61. The van der Waals surface area contributed by atoms with Crippen molar-refractivity contribution in [2.45, 2.75) is 19.2 Å². The minimum Gasteiger partial charge on any atom is -0.310 e. The van der Waals surface area contributed by atoms with E-state index in [1.165, 1.54) is 41.7 Å². The Labute approximate surface area is 316 Å². The summed E-state index contributed by atoms with van der Waals surface area (Å²) < 4.78 is 28.4. The summed E-state index contributed by atoms with van der Waals surface area (Å²) in [5, 5.41) is 11.7. The molecule has 0 spiro atoms. The van der Waals surface area contributed by atoms with Crippen molar-refractivity contribution in [2.24, 2.45) is 0 Å². The molecule has 2 heteroatoms. The Morgan fingerprint density at radius 1 is 0.472 bits per heavy atom. The van der Waals surface area contributed by atoms with E-state index >= 15 is 0 Å². The molecule has 1 atom stereocenters. The summed E-state index contributed by atoms with van der Waals surface area (Å²) in [7, 11) is 0. The SMILES string of the molecule is [2H]C([2H])([2H])C1(C)c2cccc3ccc4cc(/C=C/c5ccc6c(c5)sc5cc(N(c7ccc8ccccc8c7)c7ccc8ccccc8c7)ccc56)cc1c4c23. The smallest absolute Gasteiger partial charge is 0.0476 e. The van der Waals surface area contributed by atoms with Gasteiger partial charge in [-0.15, -0.1) is 11.3 Å². The Morgan fingerprint density at radius 2 is 1.04 bits per heavy atom. The molecule has 1 unspecified atom stereocenters. The average molecular weight is 697 g/mol. The van der Waals surface area contributed by atoms with Crippen molar-refractivity contribution in [3.05, 3.63) is 186 Å². The van der Waals surface area contributed by atoms with Gasteiger partial charge in [0.25, 0.3) is 0 Å². The lowest BCUT2D eigenvalue weighted by Crippen LogP contribution is -2.15. The summed E-state index contributed by atoms with van der Waals surface area (Å²) in [6, 6.07) is 58.6. The highest BCUT2D eigenvalue weighted by molar-refractivity contribution is 7.25. The Morgan fingerprint density at radius 3 is 1.77 bits per heavy atom. The van der Waals surface area contributed by atoms with E-state index in [0.29, 0.717) is 0 Å². The van der Waals surface area contributed by atoms with Crippen LogP contribution < -0.4 is 4.90 Å². The maximum absolute atomic E-state index is 8.65. The normalized spacial score (nSPS) is 16.4. The number of nitrogens with zero attached hydrogens (tertiary/aromatic N) is 1. The minimum absolute atomic E-state index is 0.888. The average Bonchev–Trinajstić information content (AvgIpc) is 3.72. The molecule has 0 radical (unpaired) electrons. The first-order valence-electron chi connectivity index (χ1n) is 19.7. The van der Waals surface area contributed by atoms with Crippen LogP contribution in [-0.4, -0.2) is 0 Å². The van der Waals surface area contributed by atoms with Gasteiger partial charge in [-0.05, 0) is 114 Å². The van der Waals surface area contributed by atoms with Gasteiger partial charge >= 0.3 is 0 Å². The Hall–Kier alpha value is -6.22. The van der Waals surface area contributed by atoms with Gasteiger partial charge in [0.05, 0.1) is 0 Å². The molecule has 1 aliphatic rings. The number of anilines is 3. The molecule has 0 fully saturated rings. The number of hydrogen-bond acceptors (Lipinski definition) is 2. The molecule has 53 heavy (non-hydrogen) atoms. The molecule has 250 valence electrons. The third-order valence-corrected chi connectivity index (χ3v) is 12.4. The molecule has 0 aliphatic heterocycles. The second-order valence-electron chi connectivity index (χ2n) is 14.5. The molecule has 0 saturated heterocycles. The largest absolute Gasteiger partial charge is 0.310 e. The molecule has 1 aromatic heterocycles. The lowest BCUT2D eigenvalue weighted by molar-refractivity contribution is 0.662. The van der Waals surface area contributed by atoms with E-state index < -0.39 is 12.3 Å². The van der Waals surface area contributed by atoms with Gasteiger partial charge in [-0.25, -0.2) is 0 Å². The molecule has 0 amide bonds. The predicted octanol–water partition coefficient (Wildman–Crippen LogP) is 14.9. The van der Waals surface area contributed by atoms with E-state index in [2.05, 4.69) is 169 Å². The number of thiophene rings is 1. The Kier molecular flexibility index (Phi) is 5.90. The van der Waals surface area contributed by atoms with Gasteiger partial charge in [0.1, 0.15) is 0 Å². The van der Waals surface area contributed by atoms with Crippen LogP contribution in [0, 0.1) is 0 Å². The first-order chi connectivity index (χ1) is 27.2. The molecule has 1 heterocycles. The molecule has 1 nitrogen and oxygen atoms in total. The fourth-order valence-corrected chi connectivity index (χ4v) is 9.80. The van der Waals surface area contributed by atoms with E-state index in [9.17, 15) is 0 Å². The van der Waals surface area contributed by atoms with Gasteiger partial charge in [0.2, 0.25) is 0 Å². The second-order valence-corrected chi connectivity index (χ2v) is 15.6.